The van der Waals surface area contributed by atoms with Crippen LogP contribution in [0, 0.1) is 0 Å². The number of aryl methyl sites for hydroxylation is 2. The molecule has 0 saturated heterocycles. The van der Waals surface area contributed by atoms with Crippen LogP contribution in [0.3, 0.4) is 0 Å². The van der Waals surface area contributed by atoms with Crippen LogP contribution < -0.4 is 5.56 Å². The van der Waals surface area contributed by atoms with Gasteiger partial charge in [-0.3, -0.25) is 14.4 Å². The third-order valence-electron chi connectivity index (χ3n) is 4.53. The lowest BCUT2D eigenvalue weighted by molar-refractivity contribution is 0.415. The smallest absolute Gasteiger partial charge is 0.263 e. The fourth-order valence-corrected chi connectivity index (χ4v) is 4.64. The minimum absolute atomic E-state index is 0.128. The van der Waals surface area contributed by atoms with Crippen molar-refractivity contribution in [1.82, 2.24) is 14.5 Å². The van der Waals surface area contributed by atoms with E-state index in [4.69, 9.17) is 4.98 Å². The van der Waals surface area contributed by atoms with Crippen molar-refractivity contribution in [2.75, 3.05) is 14.1 Å². The maximum Gasteiger partial charge on any atom is 0.263 e. The third kappa shape index (κ3) is 1.85. The Labute approximate surface area is 126 Å². The number of aromatic nitrogens is 2. The summed E-state index contributed by atoms with van der Waals surface area (Å²) in [6.45, 7) is 1.19. The Morgan fingerprint density at radius 1 is 1.24 bits per heavy atom. The summed E-state index contributed by atoms with van der Waals surface area (Å²) < 4.78 is 1.81. The molecule has 5 nitrogen and oxygen atoms in total. The molecule has 1 aliphatic heterocycles. The van der Waals surface area contributed by atoms with E-state index in [9.17, 15) is 4.79 Å². The molecule has 1 aliphatic carbocycles. The van der Waals surface area contributed by atoms with Gasteiger partial charge in [0.2, 0.25) is 0 Å². The van der Waals surface area contributed by atoms with Crippen LogP contribution >= 0.6 is 11.3 Å². The van der Waals surface area contributed by atoms with Gasteiger partial charge in [-0.25, -0.2) is 4.98 Å². The lowest BCUT2D eigenvalue weighted by atomic mass is 9.97. The lowest BCUT2D eigenvalue weighted by Gasteiger charge is -2.28. The molecule has 0 bridgehead atoms. The van der Waals surface area contributed by atoms with Crippen LogP contribution in [-0.2, 0) is 25.9 Å². The number of likely N-dealkylation sites (N-methyl/N-ethyl adjacent to an activating group) is 1. The quantitative estimate of drug-likeness (QED) is 0.746. The average Bonchev–Trinajstić information content (AvgIpc) is 2.85. The highest BCUT2D eigenvalue weighted by molar-refractivity contribution is 7.18. The maximum atomic E-state index is 12.9. The fraction of sp³-hybridized carbons (Fsp3) is 0.533. The first-order valence-electron chi connectivity index (χ1n) is 7.40. The van der Waals surface area contributed by atoms with Crippen molar-refractivity contribution in [3.05, 3.63) is 26.6 Å². The first-order chi connectivity index (χ1) is 10.2. The number of hydrogen-bond donors (Lipinski definition) is 0. The maximum absolute atomic E-state index is 12.9. The van der Waals surface area contributed by atoms with Crippen LogP contribution in [0.5, 0.6) is 0 Å². The number of hydrogen-bond acceptors (Lipinski definition) is 4. The highest BCUT2D eigenvalue weighted by Crippen LogP contribution is 2.34. The normalized spacial score (nSPS) is 19.9. The summed E-state index contributed by atoms with van der Waals surface area (Å²) in [7, 11) is 3.78. The zero-order chi connectivity index (χ0) is 14.6. The van der Waals surface area contributed by atoms with E-state index in [1.54, 1.807) is 18.4 Å². The zero-order valence-electron chi connectivity index (χ0n) is 12.3. The average molecular weight is 302 g/mol. The topological polar surface area (TPSA) is 50.5 Å². The summed E-state index contributed by atoms with van der Waals surface area (Å²) in [5.41, 5.74) is 1.40. The summed E-state index contributed by atoms with van der Waals surface area (Å²) in [5, 5.41) is 0.874. The Hall–Kier alpha value is -1.69. The van der Waals surface area contributed by atoms with Crippen molar-refractivity contribution < 1.29 is 0 Å². The monoisotopic (exact) mass is 302 g/mol. The van der Waals surface area contributed by atoms with E-state index in [-0.39, 0.29) is 5.56 Å². The van der Waals surface area contributed by atoms with E-state index in [1.165, 1.54) is 23.3 Å². The second-order valence-electron chi connectivity index (χ2n) is 5.81. The zero-order valence-corrected chi connectivity index (χ0v) is 13.2. The molecule has 21 heavy (non-hydrogen) atoms. The van der Waals surface area contributed by atoms with Gasteiger partial charge in [0.05, 0.1) is 18.5 Å². The molecular weight excluding hydrogens is 284 g/mol. The van der Waals surface area contributed by atoms with Crippen LogP contribution in [0.15, 0.2) is 9.79 Å². The minimum Gasteiger partial charge on any atom is -0.354 e. The van der Waals surface area contributed by atoms with Crippen molar-refractivity contribution >= 4 is 27.4 Å². The van der Waals surface area contributed by atoms with Gasteiger partial charge in [0.1, 0.15) is 16.5 Å². The largest absolute Gasteiger partial charge is 0.354 e. The fourth-order valence-electron chi connectivity index (χ4n) is 3.37. The molecule has 0 aromatic carbocycles. The van der Waals surface area contributed by atoms with Crippen LogP contribution in [-0.4, -0.2) is 34.4 Å². The Kier molecular flexibility index (Phi) is 2.89. The number of fused-ring (bicyclic) bond motifs is 4. The Morgan fingerprint density at radius 2 is 2.05 bits per heavy atom. The summed E-state index contributed by atoms with van der Waals surface area (Å²) in [6.07, 6.45) is 4.55. The molecule has 0 unspecified atom stereocenters. The van der Waals surface area contributed by atoms with Crippen molar-refractivity contribution in [3.8, 4) is 0 Å². The van der Waals surface area contributed by atoms with Gasteiger partial charge in [-0.15, -0.1) is 11.3 Å². The summed E-state index contributed by atoms with van der Waals surface area (Å²) in [5.74, 6) is 1.80. The predicted octanol–water partition coefficient (Wildman–Crippen LogP) is 1.81. The summed E-state index contributed by atoms with van der Waals surface area (Å²) in [4.78, 5) is 26.4. The molecule has 0 amide bonds. The number of thiophene rings is 1. The predicted molar refractivity (Wildman–Crippen MR) is 85.3 cm³/mol. The van der Waals surface area contributed by atoms with Gasteiger partial charge in [0.25, 0.3) is 5.56 Å². The van der Waals surface area contributed by atoms with Gasteiger partial charge >= 0.3 is 0 Å². The molecule has 2 aromatic rings. The number of amidine groups is 1. The van der Waals surface area contributed by atoms with Crippen molar-refractivity contribution in [1.29, 1.82) is 0 Å². The molecule has 3 heterocycles. The molecule has 2 aromatic heterocycles. The number of aliphatic imine (C=N–C) groups is 1. The lowest BCUT2D eigenvalue weighted by Crippen LogP contribution is -2.42. The molecular formula is C15H18N4OS. The van der Waals surface area contributed by atoms with Gasteiger partial charge in [-0.1, -0.05) is 0 Å². The van der Waals surface area contributed by atoms with Crippen molar-refractivity contribution in [2.45, 2.75) is 38.8 Å². The molecule has 0 atom stereocenters. The molecule has 0 saturated carbocycles. The van der Waals surface area contributed by atoms with E-state index in [2.05, 4.69) is 9.89 Å². The summed E-state index contributed by atoms with van der Waals surface area (Å²) >= 11 is 1.72. The van der Waals surface area contributed by atoms with E-state index in [0.29, 0.717) is 13.1 Å². The molecule has 2 aliphatic rings. The first kappa shape index (κ1) is 13.0. The van der Waals surface area contributed by atoms with E-state index < -0.39 is 0 Å². The van der Waals surface area contributed by atoms with Gasteiger partial charge in [0, 0.05) is 19.0 Å². The van der Waals surface area contributed by atoms with Gasteiger partial charge in [-0.2, -0.15) is 0 Å². The van der Waals surface area contributed by atoms with Crippen LogP contribution in [0.4, 0.5) is 0 Å². The Balaban J connectivity index is 1.99. The number of nitrogens with zero attached hydrogens (tertiary/aromatic N) is 4. The molecule has 0 fully saturated rings. The van der Waals surface area contributed by atoms with Gasteiger partial charge < -0.3 is 4.90 Å². The van der Waals surface area contributed by atoms with E-state index in [1.807, 2.05) is 11.6 Å². The molecule has 110 valence electrons. The van der Waals surface area contributed by atoms with Crippen molar-refractivity contribution in [3.63, 3.8) is 0 Å². The summed E-state index contributed by atoms with van der Waals surface area (Å²) in [6, 6.07) is 0. The number of rotatable bonds is 0. The second-order valence-corrected chi connectivity index (χ2v) is 6.89. The second kappa shape index (κ2) is 4.66. The SMILES string of the molecule is CN=C1Cn2c(nc3sc4c(c3c2=O)CCCC4)CN1C. The Morgan fingerprint density at radius 3 is 2.86 bits per heavy atom. The molecule has 4 rings (SSSR count). The molecule has 6 heteroatoms. The van der Waals surface area contributed by atoms with Crippen LogP contribution in [0.2, 0.25) is 0 Å². The van der Waals surface area contributed by atoms with Gasteiger partial charge in [0.15, 0.2) is 0 Å². The van der Waals surface area contributed by atoms with Gasteiger partial charge in [-0.05, 0) is 31.2 Å². The highest BCUT2D eigenvalue weighted by Gasteiger charge is 2.25. The standard InChI is InChI=1S/C15H18N4OS/c1-16-11-8-19-12(7-18(11)2)17-14-13(15(19)20)9-5-3-4-6-10(9)21-14/h3-8H2,1-2H3. The van der Waals surface area contributed by atoms with E-state index >= 15 is 0 Å². The minimum atomic E-state index is 0.128. The molecule has 0 spiro atoms. The highest BCUT2D eigenvalue weighted by atomic mass is 32.1. The van der Waals surface area contributed by atoms with Crippen molar-refractivity contribution in [2.24, 2.45) is 4.99 Å². The molecule has 0 radical (unpaired) electrons. The first-order valence-corrected chi connectivity index (χ1v) is 8.21. The van der Waals surface area contributed by atoms with Crippen LogP contribution in [0.25, 0.3) is 10.2 Å². The van der Waals surface area contributed by atoms with Crippen LogP contribution in [0.1, 0.15) is 29.1 Å². The molecule has 0 N–H and O–H groups in total. The third-order valence-corrected chi connectivity index (χ3v) is 5.72. The van der Waals surface area contributed by atoms with E-state index in [0.717, 1.165) is 34.7 Å². The Bertz CT molecular complexity index is 817.